The van der Waals surface area contributed by atoms with Crippen molar-refractivity contribution in [1.82, 2.24) is 0 Å². The molecule has 0 aliphatic rings. The van der Waals surface area contributed by atoms with Crippen LogP contribution in [0.2, 0.25) is 15.1 Å². The summed E-state index contributed by atoms with van der Waals surface area (Å²) in [6.45, 7) is 0. The van der Waals surface area contributed by atoms with Crippen LogP contribution in [0.5, 0.6) is 0 Å². The number of carbonyl (C=O) groups excluding carboxylic acids is 1. The Bertz CT molecular complexity index is 434. The monoisotopic (exact) mass is 294 g/mol. The predicted molar refractivity (Wildman–Crippen MR) is 67.3 cm³/mol. The summed E-state index contributed by atoms with van der Waals surface area (Å²) < 4.78 is 0. The number of ketones is 1. The first-order valence-corrected chi connectivity index (χ1v) is 5.94. The fourth-order valence-electron chi connectivity index (χ4n) is 1.26. The van der Waals surface area contributed by atoms with Gasteiger partial charge in [-0.1, -0.05) is 34.8 Å². The van der Waals surface area contributed by atoms with E-state index in [2.05, 4.69) is 0 Å². The normalized spacial score (nSPS) is 10.3. The molecule has 1 N–H and O–H groups in total. The van der Waals surface area contributed by atoms with Gasteiger partial charge in [0.1, 0.15) is 0 Å². The summed E-state index contributed by atoms with van der Waals surface area (Å²) >= 11 is 17.3. The van der Waals surface area contributed by atoms with E-state index in [9.17, 15) is 9.59 Å². The zero-order valence-corrected chi connectivity index (χ0v) is 10.9. The fraction of sp³-hybridized carbons (Fsp3) is 0.273. The molecule has 0 atom stereocenters. The van der Waals surface area contributed by atoms with E-state index in [4.69, 9.17) is 39.9 Å². The van der Waals surface area contributed by atoms with E-state index in [1.165, 1.54) is 12.1 Å². The Morgan fingerprint density at radius 2 is 1.59 bits per heavy atom. The third-order valence-corrected chi connectivity index (χ3v) is 3.30. The molecular formula is C11H9Cl3O3. The van der Waals surface area contributed by atoms with Crippen LogP contribution in [0.25, 0.3) is 0 Å². The van der Waals surface area contributed by atoms with Crippen molar-refractivity contribution < 1.29 is 14.7 Å². The van der Waals surface area contributed by atoms with Crippen LogP contribution in [0.4, 0.5) is 0 Å². The lowest BCUT2D eigenvalue weighted by Gasteiger charge is -2.04. The van der Waals surface area contributed by atoms with Crippen molar-refractivity contribution in [3.05, 3.63) is 32.8 Å². The minimum Gasteiger partial charge on any atom is -0.481 e. The lowest BCUT2D eigenvalue weighted by Crippen LogP contribution is -2.02. The van der Waals surface area contributed by atoms with Gasteiger partial charge in [0, 0.05) is 18.4 Å². The summed E-state index contributed by atoms with van der Waals surface area (Å²) in [6.07, 6.45) is 0.382. The summed E-state index contributed by atoms with van der Waals surface area (Å²) in [4.78, 5) is 22.0. The van der Waals surface area contributed by atoms with E-state index in [1.807, 2.05) is 0 Å². The van der Waals surface area contributed by atoms with Crippen molar-refractivity contribution in [2.75, 3.05) is 0 Å². The van der Waals surface area contributed by atoms with Crippen molar-refractivity contribution in [3.63, 3.8) is 0 Å². The number of benzene rings is 1. The van der Waals surface area contributed by atoms with Crippen molar-refractivity contribution in [2.45, 2.75) is 19.3 Å². The Balaban J connectivity index is 2.73. The number of carboxylic acid groups (broad SMARTS) is 1. The van der Waals surface area contributed by atoms with Crippen molar-refractivity contribution in [2.24, 2.45) is 0 Å². The molecule has 0 saturated heterocycles. The van der Waals surface area contributed by atoms with Crippen molar-refractivity contribution >= 4 is 46.6 Å². The molecule has 0 unspecified atom stereocenters. The average Bonchev–Trinajstić information content (AvgIpc) is 2.24. The van der Waals surface area contributed by atoms with E-state index in [0.717, 1.165) is 0 Å². The van der Waals surface area contributed by atoms with Crippen molar-refractivity contribution in [3.8, 4) is 0 Å². The molecule has 6 heteroatoms. The summed E-state index contributed by atoms with van der Waals surface area (Å²) in [6, 6.07) is 2.86. The maximum atomic E-state index is 11.7. The average molecular weight is 296 g/mol. The number of hydrogen-bond acceptors (Lipinski definition) is 2. The zero-order chi connectivity index (χ0) is 13.0. The number of Topliss-reactive ketones (excluding diaryl/α,β-unsaturated/α-hetero) is 1. The quantitative estimate of drug-likeness (QED) is 0.657. The minimum absolute atomic E-state index is 0.0409. The molecule has 0 spiro atoms. The van der Waals surface area contributed by atoms with E-state index < -0.39 is 5.97 Å². The fourth-order valence-corrected chi connectivity index (χ4v) is 1.86. The van der Waals surface area contributed by atoms with Gasteiger partial charge in [0.05, 0.1) is 15.1 Å². The number of hydrogen-bond donors (Lipinski definition) is 1. The van der Waals surface area contributed by atoms with Crippen LogP contribution in [-0.2, 0) is 4.79 Å². The van der Waals surface area contributed by atoms with Crippen LogP contribution in [-0.4, -0.2) is 16.9 Å². The van der Waals surface area contributed by atoms with Gasteiger partial charge in [-0.3, -0.25) is 9.59 Å². The zero-order valence-electron chi connectivity index (χ0n) is 8.67. The smallest absolute Gasteiger partial charge is 0.303 e. The Morgan fingerprint density at radius 3 is 2.06 bits per heavy atom. The largest absolute Gasteiger partial charge is 0.481 e. The maximum absolute atomic E-state index is 11.7. The Hall–Kier alpha value is -0.770. The second-order valence-corrected chi connectivity index (χ2v) is 4.62. The molecule has 3 nitrogen and oxygen atoms in total. The highest BCUT2D eigenvalue weighted by atomic mass is 35.5. The minimum atomic E-state index is -0.926. The molecule has 0 bridgehead atoms. The Kier molecular flexibility index (Phi) is 5.25. The van der Waals surface area contributed by atoms with E-state index >= 15 is 0 Å². The predicted octanol–water partition coefficient (Wildman–Crippen LogP) is 4.08. The van der Waals surface area contributed by atoms with Crippen LogP contribution in [0.15, 0.2) is 12.1 Å². The summed E-state index contributed by atoms with van der Waals surface area (Å²) in [7, 11) is 0. The van der Waals surface area contributed by atoms with Crippen LogP contribution >= 0.6 is 34.8 Å². The van der Waals surface area contributed by atoms with E-state index in [1.54, 1.807) is 0 Å². The van der Waals surface area contributed by atoms with Crippen molar-refractivity contribution in [1.29, 1.82) is 0 Å². The summed E-state index contributed by atoms with van der Waals surface area (Å²) in [5.41, 5.74) is 0.342. The van der Waals surface area contributed by atoms with Crippen LogP contribution < -0.4 is 0 Å². The molecule has 0 amide bonds. The van der Waals surface area contributed by atoms with E-state index in [0.29, 0.717) is 5.56 Å². The molecule has 1 rings (SSSR count). The molecular weight excluding hydrogens is 286 g/mol. The first-order chi connectivity index (χ1) is 7.91. The highest BCUT2D eigenvalue weighted by Crippen LogP contribution is 2.31. The number of halogens is 3. The molecule has 1 aromatic carbocycles. The molecule has 0 heterocycles. The van der Waals surface area contributed by atoms with Gasteiger partial charge in [0.25, 0.3) is 0 Å². The van der Waals surface area contributed by atoms with Crippen LogP contribution in [0.3, 0.4) is 0 Å². The molecule has 17 heavy (non-hydrogen) atoms. The lowest BCUT2D eigenvalue weighted by molar-refractivity contribution is -0.137. The Morgan fingerprint density at radius 1 is 1.06 bits per heavy atom. The first-order valence-electron chi connectivity index (χ1n) is 4.81. The number of rotatable bonds is 5. The molecule has 0 aliphatic carbocycles. The highest BCUT2D eigenvalue weighted by Gasteiger charge is 2.12. The van der Waals surface area contributed by atoms with Gasteiger partial charge in [-0.05, 0) is 18.6 Å². The first kappa shape index (κ1) is 14.3. The van der Waals surface area contributed by atoms with Gasteiger partial charge >= 0.3 is 5.97 Å². The second kappa shape index (κ2) is 6.24. The molecule has 0 fully saturated rings. The lowest BCUT2D eigenvalue weighted by atomic mass is 10.1. The number of aliphatic carboxylic acids is 1. The molecule has 0 saturated carbocycles. The SMILES string of the molecule is O=C(O)CCCC(=O)c1cc(Cl)c(Cl)c(Cl)c1. The Labute approximate surface area is 113 Å². The van der Waals surface area contributed by atoms with Crippen LogP contribution in [0, 0.1) is 0 Å². The standard InChI is InChI=1S/C11H9Cl3O3/c12-7-4-6(5-8(13)11(7)14)9(15)2-1-3-10(16)17/h4-5H,1-3H2,(H,16,17). The molecule has 0 aromatic heterocycles. The molecule has 0 aliphatic heterocycles. The van der Waals surface area contributed by atoms with Crippen LogP contribution in [0.1, 0.15) is 29.6 Å². The molecule has 92 valence electrons. The summed E-state index contributed by atoms with van der Waals surface area (Å²) in [5.74, 6) is -1.13. The second-order valence-electron chi connectivity index (χ2n) is 3.42. The molecule has 0 radical (unpaired) electrons. The van der Waals surface area contributed by atoms with Gasteiger partial charge in [-0.15, -0.1) is 0 Å². The van der Waals surface area contributed by atoms with Gasteiger partial charge < -0.3 is 5.11 Å². The third-order valence-electron chi connectivity index (χ3n) is 2.10. The third kappa shape index (κ3) is 4.19. The number of carbonyl (C=O) groups is 2. The topological polar surface area (TPSA) is 54.4 Å². The highest BCUT2D eigenvalue weighted by molar-refractivity contribution is 6.48. The summed E-state index contributed by atoms with van der Waals surface area (Å²) in [5, 5.41) is 9.07. The van der Waals surface area contributed by atoms with Gasteiger partial charge in [-0.2, -0.15) is 0 Å². The van der Waals surface area contributed by atoms with E-state index in [-0.39, 0.29) is 40.1 Å². The maximum Gasteiger partial charge on any atom is 0.303 e. The van der Waals surface area contributed by atoms with Gasteiger partial charge in [-0.25, -0.2) is 0 Å². The number of carboxylic acids is 1. The molecule has 1 aromatic rings. The van der Waals surface area contributed by atoms with Gasteiger partial charge in [0.15, 0.2) is 5.78 Å². The van der Waals surface area contributed by atoms with Gasteiger partial charge in [0.2, 0.25) is 0 Å².